The van der Waals surface area contributed by atoms with Crippen molar-refractivity contribution >= 4 is 28.7 Å². The molecule has 1 unspecified atom stereocenters. The summed E-state index contributed by atoms with van der Waals surface area (Å²) in [6, 6.07) is 5.82. The topological polar surface area (TPSA) is 54.9 Å². The fraction of sp³-hybridized carbons (Fsp3) is 0.400. The molecule has 0 radical (unpaired) electrons. The van der Waals surface area contributed by atoms with Gasteiger partial charge in [0.2, 0.25) is 0 Å². The van der Waals surface area contributed by atoms with Crippen molar-refractivity contribution in [2.75, 3.05) is 11.5 Å². The normalized spacial score (nSPS) is 18.4. The Bertz CT molecular complexity index is 665. The number of fused-ring (bicyclic) bond motifs is 1. The van der Waals surface area contributed by atoms with E-state index in [4.69, 9.17) is 0 Å². The van der Waals surface area contributed by atoms with Gasteiger partial charge < -0.3 is 5.32 Å². The van der Waals surface area contributed by atoms with Gasteiger partial charge in [0.15, 0.2) is 0 Å². The molecule has 1 aliphatic rings. The Morgan fingerprint density at radius 2 is 2.00 bits per heavy atom. The summed E-state index contributed by atoms with van der Waals surface area (Å²) in [5.41, 5.74) is 4.11. The molecule has 0 saturated carbocycles. The quantitative estimate of drug-likeness (QED) is 0.922. The second kappa shape index (κ2) is 5.40. The number of carbonyl (C=O) groups excluding carboxylic acids is 1. The summed E-state index contributed by atoms with van der Waals surface area (Å²) < 4.78 is 0. The summed E-state index contributed by atoms with van der Waals surface area (Å²) in [7, 11) is 0. The maximum Gasteiger partial charge on any atom is 0.251 e. The minimum Gasteiger partial charge on any atom is -0.348 e. The van der Waals surface area contributed by atoms with E-state index in [1.54, 1.807) is 0 Å². The van der Waals surface area contributed by atoms with Gasteiger partial charge in [0.1, 0.15) is 0 Å². The molecule has 0 bridgehead atoms. The van der Waals surface area contributed by atoms with Crippen LogP contribution in [0.4, 0.5) is 0 Å². The van der Waals surface area contributed by atoms with Crippen molar-refractivity contribution < 1.29 is 4.79 Å². The summed E-state index contributed by atoms with van der Waals surface area (Å²) in [6.45, 7) is 3.88. The molecule has 104 valence electrons. The molecule has 20 heavy (non-hydrogen) atoms. The molecular formula is C15H17N3OS. The lowest BCUT2D eigenvalue weighted by atomic mass is 10.1. The molecule has 5 heteroatoms. The summed E-state index contributed by atoms with van der Waals surface area (Å²) in [6.07, 6.45) is 1.06. The third-order valence-corrected chi connectivity index (χ3v) is 4.76. The number of rotatable bonds is 2. The Balaban J connectivity index is 1.87. The predicted molar refractivity (Wildman–Crippen MR) is 82.2 cm³/mol. The van der Waals surface area contributed by atoms with Crippen LogP contribution in [0.15, 0.2) is 18.2 Å². The Morgan fingerprint density at radius 3 is 2.70 bits per heavy atom. The number of thioether (sulfide) groups is 1. The van der Waals surface area contributed by atoms with Gasteiger partial charge in [0.05, 0.1) is 22.4 Å². The highest BCUT2D eigenvalue weighted by atomic mass is 32.2. The van der Waals surface area contributed by atoms with E-state index in [1.165, 1.54) is 0 Å². The van der Waals surface area contributed by atoms with E-state index < -0.39 is 0 Å². The molecule has 1 amide bonds. The SMILES string of the molecule is Cc1nc2ccc(C(=O)NC3CCSC3)cc2nc1C. The lowest BCUT2D eigenvalue weighted by Gasteiger charge is -2.11. The third-order valence-electron chi connectivity index (χ3n) is 3.60. The first-order chi connectivity index (χ1) is 9.63. The van der Waals surface area contributed by atoms with Gasteiger partial charge in [-0.1, -0.05) is 0 Å². The highest BCUT2D eigenvalue weighted by molar-refractivity contribution is 7.99. The first kappa shape index (κ1) is 13.4. The fourth-order valence-corrected chi connectivity index (χ4v) is 3.44. The molecule has 1 fully saturated rings. The molecule has 1 saturated heterocycles. The number of aromatic nitrogens is 2. The molecule has 4 nitrogen and oxygen atoms in total. The summed E-state index contributed by atoms with van der Waals surface area (Å²) >= 11 is 1.89. The number of carbonyl (C=O) groups is 1. The van der Waals surface area contributed by atoms with E-state index in [9.17, 15) is 4.79 Å². The Kier molecular flexibility index (Phi) is 3.61. The minimum absolute atomic E-state index is 0.0144. The van der Waals surface area contributed by atoms with E-state index in [0.29, 0.717) is 11.6 Å². The molecule has 2 heterocycles. The molecule has 2 aromatic rings. The second-order valence-corrected chi connectivity index (χ2v) is 6.28. The average Bonchev–Trinajstić information content (AvgIpc) is 2.92. The number of nitrogens with zero attached hydrogens (tertiary/aromatic N) is 2. The lowest BCUT2D eigenvalue weighted by molar-refractivity contribution is 0.0941. The van der Waals surface area contributed by atoms with E-state index in [2.05, 4.69) is 15.3 Å². The summed E-state index contributed by atoms with van der Waals surface area (Å²) in [5, 5.41) is 3.08. The monoisotopic (exact) mass is 287 g/mol. The van der Waals surface area contributed by atoms with Crippen LogP contribution in [0.5, 0.6) is 0 Å². The predicted octanol–water partition coefficient (Wildman–Crippen LogP) is 2.48. The van der Waals surface area contributed by atoms with Crippen LogP contribution in [0.25, 0.3) is 11.0 Å². The minimum atomic E-state index is -0.0144. The molecule has 1 aromatic heterocycles. The van der Waals surface area contributed by atoms with Gasteiger partial charge in [0.25, 0.3) is 5.91 Å². The van der Waals surface area contributed by atoms with Crippen molar-refractivity contribution in [2.45, 2.75) is 26.3 Å². The zero-order valence-corrected chi connectivity index (χ0v) is 12.5. The van der Waals surface area contributed by atoms with Gasteiger partial charge in [-0.3, -0.25) is 4.79 Å². The van der Waals surface area contributed by atoms with E-state index in [0.717, 1.165) is 40.3 Å². The number of benzene rings is 1. The molecular weight excluding hydrogens is 270 g/mol. The number of aryl methyl sites for hydroxylation is 2. The molecule has 1 N–H and O–H groups in total. The average molecular weight is 287 g/mol. The van der Waals surface area contributed by atoms with Gasteiger partial charge in [-0.2, -0.15) is 11.8 Å². The Hall–Kier alpha value is -1.62. The number of hydrogen-bond donors (Lipinski definition) is 1. The fourth-order valence-electron chi connectivity index (χ4n) is 2.29. The van der Waals surface area contributed by atoms with Gasteiger partial charge in [-0.05, 0) is 44.2 Å². The highest BCUT2D eigenvalue weighted by Crippen LogP contribution is 2.18. The Morgan fingerprint density at radius 1 is 1.25 bits per heavy atom. The number of nitrogens with one attached hydrogen (secondary N) is 1. The summed E-state index contributed by atoms with van der Waals surface area (Å²) in [5.74, 6) is 2.13. The van der Waals surface area contributed by atoms with Crippen LogP contribution < -0.4 is 5.32 Å². The second-order valence-electron chi connectivity index (χ2n) is 5.13. The number of amides is 1. The van der Waals surface area contributed by atoms with Crippen LogP contribution in [0.1, 0.15) is 28.2 Å². The highest BCUT2D eigenvalue weighted by Gasteiger charge is 2.18. The van der Waals surface area contributed by atoms with Gasteiger partial charge in [-0.15, -0.1) is 0 Å². The maximum atomic E-state index is 12.2. The summed E-state index contributed by atoms with van der Waals surface area (Å²) in [4.78, 5) is 21.2. The molecule has 0 aliphatic carbocycles. The third kappa shape index (κ3) is 2.63. The number of hydrogen-bond acceptors (Lipinski definition) is 4. The van der Waals surface area contributed by atoms with E-state index in [1.807, 2.05) is 43.8 Å². The van der Waals surface area contributed by atoms with Crippen LogP contribution in [-0.4, -0.2) is 33.4 Å². The van der Waals surface area contributed by atoms with Crippen LogP contribution in [0, 0.1) is 13.8 Å². The molecule has 0 spiro atoms. The van der Waals surface area contributed by atoms with E-state index in [-0.39, 0.29) is 5.91 Å². The maximum absolute atomic E-state index is 12.2. The zero-order chi connectivity index (χ0) is 14.1. The first-order valence-electron chi connectivity index (χ1n) is 6.77. The lowest BCUT2D eigenvalue weighted by Crippen LogP contribution is -2.34. The van der Waals surface area contributed by atoms with Crippen molar-refractivity contribution in [2.24, 2.45) is 0 Å². The molecule has 1 aromatic carbocycles. The Labute approximate surface area is 122 Å². The van der Waals surface area contributed by atoms with Crippen LogP contribution in [0.3, 0.4) is 0 Å². The van der Waals surface area contributed by atoms with Crippen molar-refractivity contribution in [3.63, 3.8) is 0 Å². The van der Waals surface area contributed by atoms with Crippen molar-refractivity contribution in [3.8, 4) is 0 Å². The smallest absolute Gasteiger partial charge is 0.251 e. The van der Waals surface area contributed by atoms with E-state index >= 15 is 0 Å². The first-order valence-corrected chi connectivity index (χ1v) is 7.92. The van der Waals surface area contributed by atoms with Crippen LogP contribution >= 0.6 is 11.8 Å². The van der Waals surface area contributed by atoms with Gasteiger partial charge >= 0.3 is 0 Å². The van der Waals surface area contributed by atoms with Crippen molar-refractivity contribution in [1.82, 2.24) is 15.3 Å². The largest absolute Gasteiger partial charge is 0.348 e. The van der Waals surface area contributed by atoms with Crippen molar-refractivity contribution in [1.29, 1.82) is 0 Å². The van der Waals surface area contributed by atoms with Gasteiger partial charge in [0, 0.05) is 17.4 Å². The molecule has 1 aliphatic heterocycles. The zero-order valence-electron chi connectivity index (χ0n) is 11.6. The molecule has 1 atom stereocenters. The molecule has 3 rings (SSSR count). The van der Waals surface area contributed by atoms with Crippen LogP contribution in [0.2, 0.25) is 0 Å². The van der Waals surface area contributed by atoms with Crippen LogP contribution in [-0.2, 0) is 0 Å². The standard InChI is InChI=1S/C15H17N3OS/c1-9-10(2)17-14-7-11(3-4-13(14)16-9)15(19)18-12-5-6-20-8-12/h3-4,7,12H,5-6,8H2,1-2H3,(H,18,19). The van der Waals surface area contributed by atoms with Gasteiger partial charge in [-0.25, -0.2) is 9.97 Å². The van der Waals surface area contributed by atoms with Crippen molar-refractivity contribution in [3.05, 3.63) is 35.2 Å².